The molecule has 2 fully saturated rings. The molecule has 0 aromatic carbocycles. The van der Waals surface area contributed by atoms with Gasteiger partial charge in [0.1, 0.15) is 11.5 Å². The Morgan fingerprint density at radius 2 is 1.87 bits per heavy atom. The fourth-order valence-corrected chi connectivity index (χ4v) is 4.79. The van der Waals surface area contributed by atoms with E-state index < -0.39 is 0 Å². The number of anilines is 3. The van der Waals surface area contributed by atoms with Gasteiger partial charge in [-0.15, -0.1) is 0 Å². The van der Waals surface area contributed by atoms with E-state index in [0.717, 1.165) is 67.3 Å². The van der Waals surface area contributed by atoms with Crippen LogP contribution < -0.4 is 10.2 Å². The monoisotopic (exact) mass is 425 g/mol. The van der Waals surface area contributed by atoms with Gasteiger partial charge in [0.15, 0.2) is 0 Å². The van der Waals surface area contributed by atoms with Crippen molar-refractivity contribution in [2.24, 2.45) is 0 Å². The first-order valence-electron chi connectivity index (χ1n) is 10.7. The van der Waals surface area contributed by atoms with E-state index in [4.69, 9.17) is 4.98 Å². The van der Waals surface area contributed by atoms with E-state index in [2.05, 4.69) is 44.9 Å². The van der Waals surface area contributed by atoms with Gasteiger partial charge in [-0.25, -0.2) is 9.97 Å². The van der Waals surface area contributed by atoms with Crippen LogP contribution in [0, 0.1) is 0 Å². The molecule has 158 valence electrons. The first-order valence-corrected chi connectivity index (χ1v) is 11.2. The standard InChI is InChI=1S/C21H28N7OP/c29-14-18-11-15-12-23-21(25-20(15)28(18)16-3-1-2-4-16)24-19-6-5-17(13-22-19)26-7-9-27(30)10-8-26/h5-6,11-13,16,29H,1-4,7-10,14,30H2,(H,22,23,24,25). The second-order valence-corrected chi connectivity index (χ2v) is 8.85. The highest BCUT2D eigenvalue weighted by Gasteiger charge is 2.22. The highest BCUT2D eigenvalue weighted by atomic mass is 31.0. The summed E-state index contributed by atoms with van der Waals surface area (Å²) in [5.41, 5.74) is 2.93. The molecule has 3 aromatic heterocycles. The van der Waals surface area contributed by atoms with Gasteiger partial charge < -0.3 is 19.9 Å². The average Bonchev–Trinajstić information content (AvgIpc) is 3.42. The van der Waals surface area contributed by atoms with Crippen LogP contribution in [0.25, 0.3) is 11.0 Å². The minimum Gasteiger partial charge on any atom is -0.390 e. The van der Waals surface area contributed by atoms with Gasteiger partial charge in [-0.3, -0.25) is 4.67 Å². The van der Waals surface area contributed by atoms with E-state index in [1.807, 2.05) is 24.5 Å². The lowest BCUT2D eigenvalue weighted by molar-refractivity contribution is 0.267. The summed E-state index contributed by atoms with van der Waals surface area (Å²) in [6.07, 6.45) is 8.47. The van der Waals surface area contributed by atoms with Gasteiger partial charge in [-0.1, -0.05) is 22.2 Å². The third-order valence-corrected chi connectivity index (χ3v) is 6.69. The van der Waals surface area contributed by atoms with Gasteiger partial charge in [-0.2, -0.15) is 4.98 Å². The van der Waals surface area contributed by atoms with Gasteiger partial charge >= 0.3 is 0 Å². The molecule has 0 spiro atoms. The molecule has 8 nitrogen and oxygen atoms in total. The maximum absolute atomic E-state index is 9.83. The first kappa shape index (κ1) is 19.7. The number of rotatable bonds is 5. The van der Waals surface area contributed by atoms with Gasteiger partial charge in [0.05, 0.1) is 18.5 Å². The topological polar surface area (TPSA) is 82.3 Å². The molecule has 1 aliphatic heterocycles. The number of piperazine rings is 1. The molecule has 1 saturated heterocycles. The van der Waals surface area contributed by atoms with E-state index in [9.17, 15) is 5.11 Å². The van der Waals surface area contributed by atoms with E-state index in [-0.39, 0.29) is 6.61 Å². The summed E-state index contributed by atoms with van der Waals surface area (Å²) < 4.78 is 4.47. The molecular weight excluding hydrogens is 397 g/mol. The fourth-order valence-electron chi connectivity index (χ4n) is 4.56. The first-order chi connectivity index (χ1) is 14.7. The molecule has 9 heteroatoms. The highest BCUT2D eigenvalue weighted by molar-refractivity contribution is 7.13. The summed E-state index contributed by atoms with van der Waals surface area (Å²) in [7, 11) is 2.77. The molecule has 30 heavy (non-hydrogen) atoms. The number of fused-ring (bicyclic) bond motifs is 1. The Morgan fingerprint density at radius 1 is 1.07 bits per heavy atom. The van der Waals surface area contributed by atoms with Crippen LogP contribution in [-0.4, -0.2) is 55.5 Å². The quantitative estimate of drug-likeness (QED) is 0.608. The Bertz CT molecular complexity index is 1010. The second kappa shape index (κ2) is 8.46. The largest absolute Gasteiger partial charge is 0.390 e. The molecule has 3 aromatic rings. The zero-order valence-corrected chi connectivity index (χ0v) is 18.2. The molecule has 2 aliphatic rings. The van der Waals surface area contributed by atoms with Crippen molar-refractivity contribution in [3.63, 3.8) is 0 Å². The Labute approximate surface area is 178 Å². The Balaban J connectivity index is 1.37. The molecule has 4 heterocycles. The zero-order chi connectivity index (χ0) is 20.5. The van der Waals surface area contributed by atoms with Crippen molar-refractivity contribution in [1.82, 2.24) is 24.2 Å². The minimum atomic E-state index is 0.0175. The summed E-state index contributed by atoms with van der Waals surface area (Å²) >= 11 is 0. The maximum Gasteiger partial charge on any atom is 0.230 e. The smallest absolute Gasteiger partial charge is 0.230 e. The number of nitrogens with one attached hydrogen (secondary N) is 1. The third kappa shape index (κ3) is 3.87. The Morgan fingerprint density at radius 3 is 2.57 bits per heavy atom. The predicted molar refractivity (Wildman–Crippen MR) is 122 cm³/mol. The molecule has 1 saturated carbocycles. The number of nitrogens with zero attached hydrogens (tertiary/aromatic N) is 6. The highest BCUT2D eigenvalue weighted by Crippen LogP contribution is 2.34. The number of hydrogen-bond acceptors (Lipinski definition) is 7. The Kier molecular flexibility index (Phi) is 5.54. The lowest BCUT2D eigenvalue weighted by Crippen LogP contribution is -2.42. The molecule has 2 N–H and O–H groups in total. The van der Waals surface area contributed by atoms with Crippen molar-refractivity contribution in [2.75, 3.05) is 36.4 Å². The summed E-state index contributed by atoms with van der Waals surface area (Å²) in [6.45, 7) is 4.10. The molecule has 0 radical (unpaired) electrons. The van der Waals surface area contributed by atoms with Crippen LogP contribution in [0.1, 0.15) is 37.4 Å². The number of hydrogen-bond donors (Lipinski definition) is 2. The zero-order valence-electron chi connectivity index (χ0n) is 17.0. The number of aliphatic hydroxyl groups is 1. The summed E-state index contributed by atoms with van der Waals surface area (Å²) in [5.74, 6) is 1.25. The minimum absolute atomic E-state index is 0.0175. The second-order valence-electron chi connectivity index (χ2n) is 8.12. The molecule has 1 atom stereocenters. The van der Waals surface area contributed by atoms with Crippen molar-refractivity contribution < 1.29 is 5.11 Å². The Hall–Kier alpha value is -2.28. The van der Waals surface area contributed by atoms with E-state index >= 15 is 0 Å². The predicted octanol–water partition coefficient (Wildman–Crippen LogP) is 3.09. The van der Waals surface area contributed by atoms with Crippen LogP contribution in [0.15, 0.2) is 30.6 Å². The normalized spacial score (nSPS) is 18.4. The van der Waals surface area contributed by atoms with Crippen molar-refractivity contribution in [1.29, 1.82) is 0 Å². The van der Waals surface area contributed by atoms with Crippen LogP contribution in [0.5, 0.6) is 0 Å². The summed E-state index contributed by atoms with van der Waals surface area (Å²) in [5, 5.41) is 14.0. The van der Waals surface area contributed by atoms with E-state index in [1.54, 1.807) is 0 Å². The van der Waals surface area contributed by atoms with Crippen LogP contribution in [0.2, 0.25) is 0 Å². The van der Waals surface area contributed by atoms with Crippen LogP contribution in [-0.2, 0) is 6.61 Å². The van der Waals surface area contributed by atoms with Crippen molar-refractivity contribution in [2.45, 2.75) is 38.3 Å². The molecule has 5 rings (SSSR count). The molecule has 0 bridgehead atoms. The van der Waals surface area contributed by atoms with Gasteiger partial charge in [-0.05, 0) is 31.0 Å². The molecule has 1 unspecified atom stereocenters. The van der Waals surface area contributed by atoms with Crippen LogP contribution >= 0.6 is 9.39 Å². The van der Waals surface area contributed by atoms with Gasteiger partial charge in [0, 0.05) is 49.5 Å². The third-order valence-electron chi connectivity index (χ3n) is 6.17. The van der Waals surface area contributed by atoms with Crippen molar-refractivity contribution >= 4 is 37.9 Å². The summed E-state index contributed by atoms with van der Waals surface area (Å²) in [6, 6.07) is 6.48. The molecule has 1 aliphatic carbocycles. The van der Waals surface area contributed by atoms with Gasteiger partial charge in [0.2, 0.25) is 5.95 Å². The maximum atomic E-state index is 9.83. The van der Waals surface area contributed by atoms with Gasteiger partial charge in [0.25, 0.3) is 0 Å². The lowest BCUT2D eigenvalue weighted by atomic mass is 10.2. The summed E-state index contributed by atoms with van der Waals surface area (Å²) in [4.78, 5) is 16.2. The van der Waals surface area contributed by atoms with Crippen molar-refractivity contribution in [3.05, 3.63) is 36.3 Å². The van der Waals surface area contributed by atoms with E-state index in [1.165, 1.54) is 12.8 Å². The van der Waals surface area contributed by atoms with Crippen LogP contribution in [0.3, 0.4) is 0 Å². The SMILES string of the molecule is OCc1cc2cnc(Nc3ccc(N4CCN(P)CC4)cn3)nc2n1C1CCCC1. The van der Waals surface area contributed by atoms with E-state index in [0.29, 0.717) is 12.0 Å². The number of pyridine rings is 1. The number of aliphatic hydroxyl groups excluding tert-OH is 1. The average molecular weight is 425 g/mol. The van der Waals surface area contributed by atoms with Crippen molar-refractivity contribution in [3.8, 4) is 0 Å². The van der Waals surface area contributed by atoms with Crippen LogP contribution in [0.4, 0.5) is 17.5 Å². The lowest BCUT2D eigenvalue weighted by Gasteiger charge is -2.33. The molecular formula is C21H28N7OP. The number of aromatic nitrogens is 4. The fraction of sp³-hybridized carbons (Fsp3) is 0.476. The molecule has 0 amide bonds.